The second kappa shape index (κ2) is 6.91. The Morgan fingerprint density at radius 1 is 1.20 bits per heavy atom. The molecule has 0 saturated carbocycles. The van der Waals surface area contributed by atoms with Crippen LogP contribution < -0.4 is 0 Å². The smallest absolute Gasteiger partial charge is 0.307 e. The molecule has 25 heavy (non-hydrogen) atoms. The number of nitrogens with zero attached hydrogens (tertiary/aromatic N) is 1. The Morgan fingerprint density at radius 3 is 2.56 bits per heavy atom. The lowest BCUT2D eigenvalue weighted by Crippen LogP contribution is -2.56. The third-order valence-electron chi connectivity index (χ3n) is 4.36. The number of ether oxygens (including phenoxy) is 1. The van der Waals surface area contributed by atoms with Crippen LogP contribution >= 0.6 is 11.6 Å². The molecule has 0 radical (unpaired) electrons. The van der Waals surface area contributed by atoms with Gasteiger partial charge in [-0.05, 0) is 23.8 Å². The molecule has 1 aliphatic heterocycles. The van der Waals surface area contributed by atoms with Gasteiger partial charge >= 0.3 is 5.97 Å². The predicted molar refractivity (Wildman–Crippen MR) is 87.3 cm³/mol. The summed E-state index contributed by atoms with van der Waals surface area (Å²) in [5.74, 6) is -1.03. The van der Waals surface area contributed by atoms with Crippen molar-refractivity contribution in [3.05, 3.63) is 35.0 Å². The number of carboxylic acid groups (broad SMARTS) is 1. The fourth-order valence-electron chi connectivity index (χ4n) is 3.12. The summed E-state index contributed by atoms with van der Waals surface area (Å²) in [5.41, 5.74) is 1.01. The summed E-state index contributed by atoms with van der Waals surface area (Å²) < 4.78 is 7.02. The van der Waals surface area contributed by atoms with Gasteiger partial charge in [-0.2, -0.15) is 0 Å². The van der Waals surface area contributed by atoms with Crippen molar-refractivity contribution < 1.29 is 35.1 Å². The first-order chi connectivity index (χ1) is 11.8. The van der Waals surface area contributed by atoms with Gasteiger partial charge in [0.05, 0.1) is 18.5 Å². The second-order valence-electron chi connectivity index (χ2n) is 6.01. The summed E-state index contributed by atoms with van der Waals surface area (Å²) in [6, 6.07) is 4.86. The van der Waals surface area contributed by atoms with Gasteiger partial charge in [-0.25, -0.2) is 0 Å². The van der Waals surface area contributed by atoms with E-state index in [1.165, 1.54) is 10.8 Å². The van der Waals surface area contributed by atoms with Gasteiger partial charge in [-0.15, -0.1) is 0 Å². The van der Waals surface area contributed by atoms with Gasteiger partial charge in [0, 0.05) is 16.6 Å². The maximum absolute atomic E-state index is 11.1. The van der Waals surface area contributed by atoms with Crippen LogP contribution in [0.25, 0.3) is 10.9 Å². The number of hydrogen-bond donors (Lipinski definition) is 5. The van der Waals surface area contributed by atoms with Crippen LogP contribution in [-0.4, -0.2) is 67.1 Å². The van der Waals surface area contributed by atoms with E-state index in [1.807, 2.05) is 0 Å². The van der Waals surface area contributed by atoms with Gasteiger partial charge in [0.2, 0.25) is 0 Å². The summed E-state index contributed by atoms with van der Waals surface area (Å²) in [6.45, 7) is -0.547. The molecular formula is C16H18ClNO7. The highest BCUT2D eigenvalue weighted by atomic mass is 35.5. The van der Waals surface area contributed by atoms with E-state index in [9.17, 15) is 25.2 Å². The number of carboxylic acids is 1. The normalized spacial score (nSPS) is 29.9. The summed E-state index contributed by atoms with van der Waals surface area (Å²) in [7, 11) is 0. The van der Waals surface area contributed by atoms with E-state index in [0.29, 0.717) is 21.5 Å². The van der Waals surface area contributed by atoms with Crippen LogP contribution in [0.2, 0.25) is 5.02 Å². The Hall–Kier alpha value is -1.68. The summed E-state index contributed by atoms with van der Waals surface area (Å²) in [5, 5.41) is 49.6. The molecule has 5 N–H and O–H groups in total. The van der Waals surface area contributed by atoms with Crippen LogP contribution in [0.1, 0.15) is 11.8 Å². The fraction of sp³-hybridized carbons (Fsp3) is 0.438. The zero-order chi connectivity index (χ0) is 18.3. The highest BCUT2D eigenvalue weighted by Crippen LogP contribution is 2.34. The van der Waals surface area contributed by atoms with Crippen molar-refractivity contribution in [1.29, 1.82) is 0 Å². The van der Waals surface area contributed by atoms with Crippen molar-refractivity contribution >= 4 is 28.5 Å². The fourth-order valence-corrected chi connectivity index (χ4v) is 3.30. The molecule has 0 amide bonds. The Balaban J connectivity index is 2.09. The minimum Gasteiger partial charge on any atom is -0.481 e. The van der Waals surface area contributed by atoms with Crippen LogP contribution in [0.3, 0.4) is 0 Å². The van der Waals surface area contributed by atoms with Crippen LogP contribution in [0.4, 0.5) is 0 Å². The Labute approximate surface area is 147 Å². The van der Waals surface area contributed by atoms with Crippen molar-refractivity contribution in [2.75, 3.05) is 6.61 Å². The van der Waals surface area contributed by atoms with Crippen LogP contribution in [-0.2, 0) is 16.0 Å². The number of rotatable bonds is 4. The average molecular weight is 372 g/mol. The molecule has 0 bridgehead atoms. The van der Waals surface area contributed by atoms with Gasteiger partial charge in [-0.1, -0.05) is 11.6 Å². The third-order valence-corrected chi connectivity index (χ3v) is 4.60. The quantitative estimate of drug-likeness (QED) is 0.506. The number of aromatic nitrogens is 1. The number of aliphatic hydroxyl groups excluding tert-OH is 4. The van der Waals surface area contributed by atoms with E-state index < -0.39 is 43.2 Å². The summed E-state index contributed by atoms with van der Waals surface area (Å²) in [6.07, 6.45) is -5.39. The van der Waals surface area contributed by atoms with Gasteiger partial charge < -0.3 is 34.8 Å². The van der Waals surface area contributed by atoms with Gasteiger partial charge in [0.1, 0.15) is 24.4 Å². The highest BCUT2D eigenvalue weighted by Gasteiger charge is 2.44. The molecule has 1 aromatic heterocycles. The standard InChI is InChI=1S/C16H18ClNO7/c17-8-1-2-10-9(4-8)7(3-12(20)21)5-18(10)16-15(24)14(23)13(22)11(6-19)25-16/h1-2,4-5,11,13-16,19,22-24H,3,6H2,(H,20,21)/t11-,13-,14+,15-,16-/m1/s1. The summed E-state index contributed by atoms with van der Waals surface area (Å²) >= 11 is 6.00. The number of aliphatic carboxylic acids is 1. The third kappa shape index (κ3) is 3.24. The molecule has 0 spiro atoms. The van der Waals surface area contributed by atoms with Gasteiger partial charge in [0.15, 0.2) is 6.23 Å². The maximum atomic E-state index is 11.1. The highest BCUT2D eigenvalue weighted by molar-refractivity contribution is 6.31. The molecule has 136 valence electrons. The predicted octanol–water partition coefficient (Wildman–Crippen LogP) is -0.106. The summed E-state index contributed by atoms with van der Waals surface area (Å²) in [4.78, 5) is 11.1. The molecule has 0 unspecified atom stereocenters. The molecule has 2 heterocycles. The second-order valence-corrected chi connectivity index (χ2v) is 6.45. The molecule has 1 aromatic carbocycles. The zero-order valence-corrected chi connectivity index (χ0v) is 13.7. The molecule has 1 saturated heterocycles. The minimum absolute atomic E-state index is 0.263. The zero-order valence-electron chi connectivity index (χ0n) is 13.0. The lowest BCUT2D eigenvalue weighted by Gasteiger charge is -2.40. The van der Waals surface area contributed by atoms with Crippen molar-refractivity contribution in [2.24, 2.45) is 0 Å². The lowest BCUT2D eigenvalue weighted by atomic mass is 9.98. The average Bonchev–Trinajstić information content (AvgIpc) is 2.90. The molecule has 5 atom stereocenters. The SMILES string of the molecule is O=C(O)Cc1cn([C@@H]2O[C@H](CO)[C@@H](O)[C@H](O)[C@H]2O)c2ccc(Cl)cc12. The first-order valence-corrected chi connectivity index (χ1v) is 8.02. The van der Waals surface area contributed by atoms with Crippen LogP contribution in [0.15, 0.2) is 24.4 Å². The number of carbonyl (C=O) groups is 1. The number of aliphatic hydroxyl groups is 4. The molecule has 1 fully saturated rings. The molecular weight excluding hydrogens is 354 g/mol. The van der Waals surface area contributed by atoms with Crippen molar-refractivity contribution in [1.82, 2.24) is 4.57 Å². The Morgan fingerprint density at radius 2 is 1.92 bits per heavy atom. The lowest BCUT2D eigenvalue weighted by molar-refractivity contribution is -0.250. The maximum Gasteiger partial charge on any atom is 0.307 e. The molecule has 1 aliphatic rings. The van der Waals surface area contributed by atoms with Gasteiger partial charge in [0.25, 0.3) is 0 Å². The van der Waals surface area contributed by atoms with E-state index in [4.69, 9.17) is 21.4 Å². The number of hydrogen-bond acceptors (Lipinski definition) is 6. The Kier molecular flexibility index (Phi) is 5.01. The molecule has 2 aromatic rings. The van der Waals surface area contributed by atoms with E-state index in [-0.39, 0.29) is 6.42 Å². The van der Waals surface area contributed by atoms with E-state index in [0.717, 1.165) is 0 Å². The van der Waals surface area contributed by atoms with Crippen molar-refractivity contribution in [3.8, 4) is 0 Å². The van der Waals surface area contributed by atoms with E-state index in [1.54, 1.807) is 18.2 Å². The molecule has 9 heteroatoms. The van der Waals surface area contributed by atoms with E-state index >= 15 is 0 Å². The van der Waals surface area contributed by atoms with E-state index in [2.05, 4.69) is 0 Å². The number of fused-ring (bicyclic) bond motifs is 1. The van der Waals surface area contributed by atoms with Crippen molar-refractivity contribution in [3.63, 3.8) is 0 Å². The number of benzene rings is 1. The Bertz CT molecular complexity index is 790. The first kappa shape index (κ1) is 18.1. The van der Waals surface area contributed by atoms with Crippen LogP contribution in [0.5, 0.6) is 0 Å². The van der Waals surface area contributed by atoms with Crippen LogP contribution in [0, 0.1) is 0 Å². The molecule has 8 nitrogen and oxygen atoms in total. The number of halogens is 1. The van der Waals surface area contributed by atoms with Crippen molar-refractivity contribution in [2.45, 2.75) is 37.1 Å². The van der Waals surface area contributed by atoms with Gasteiger partial charge in [-0.3, -0.25) is 4.79 Å². The minimum atomic E-state index is -1.52. The molecule has 0 aliphatic carbocycles. The monoisotopic (exact) mass is 371 g/mol. The largest absolute Gasteiger partial charge is 0.481 e. The topological polar surface area (TPSA) is 132 Å². The molecule has 3 rings (SSSR count). The first-order valence-electron chi connectivity index (χ1n) is 7.64.